The largest absolute Gasteiger partial charge is 0.467 e. The lowest BCUT2D eigenvalue weighted by molar-refractivity contribution is -0.147. The standard InChI is InChI=1S/C27H27N3O5/c31-24-14-13-22(29-24)27(34)30(18-20-10-5-2-6-11-20)23(16-19-8-3-1-4-9-19)25(32)26(33)28-17-21-12-7-15-35-21/h1-12,15,22-23H,13-14,16-18H2,(H,28,33)(H,29,31). The van der Waals surface area contributed by atoms with Crippen molar-refractivity contribution >= 4 is 23.5 Å². The monoisotopic (exact) mass is 473 g/mol. The van der Waals surface area contributed by atoms with Gasteiger partial charge in [0.1, 0.15) is 17.8 Å². The number of Topliss-reactive ketones (excluding diaryl/α,β-unsaturated/α-hetero) is 1. The Labute approximate surface area is 203 Å². The minimum absolute atomic E-state index is 0.0565. The van der Waals surface area contributed by atoms with E-state index in [4.69, 9.17) is 4.42 Å². The molecule has 0 spiro atoms. The molecule has 2 heterocycles. The Kier molecular flexibility index (Phi) is 7.72. The Bertz CT molecular complexity index is 1160. The van der Waals surface area contributed by atoms with Crippen LogP contribution in [0.3, 0.4) is 0 Å². The molecule has 1 fully saturated rings. The van der Waals surface area contributed by atoms with Crippen molar-refractivity contribution in [1.29, 1.82) is 0 Å². The lowest BCUT2D eigenvalue weighted by Crippen LogP contribution is -2.54. The number of nitrogens with one attached hydrogen (secondary N) is 2. The molecule has 35 heavy (non-hydrogen) atoms. The van der Waals surface area contributed by atoms with Crippen LogP contribution in [0.15, 0.2) is 83.5 Å². The highest BCUT2D eigenvalue weighted by Crippen LogP contribution is 2.19. The van der Waals surface area contributed by atoms with Crippen LogP contribution in [0.4, 0.5) is 0 Å². The minimum Gasteiger partial charge on any atom is -0.467 e. The molecule has 1 aromatic heterocycles. The summed E-state index contributed by atoms with van der Waals surface area (Å²) in [7, 11) is 0. The molecule has 2 N–H and O–H groups in total. The van der Waals surface area contributed by atoms with Crippen molar-refractivity contribution in [2.45, 2.75) is 44.4 Å². The van der Waals surface area contributed by atoms with Gasteiger partial charge in [-0.15, -0.1) is 0 Å². The van der Waals surface area contributed by atoms with Crippen molar-refractivity contribution in [2.24, 2.45) is 0 Å². The molecule has 180 valence electrons. The second-order valence-corrected chi connectivity index (χ2v) is 8.44. The molecule has 1 aliphatic rings. The van der Waals surface area contributed by atoms with Gasteiger partial charge in [0.15, 0.2) is 0 Å². The summed E-state index contributed by atoms with van der Waals surface area (Å²) in [4.78, 5) is 53.3. The zero-order valence-electron chi connectivity index (χ0n) is 19.2. The highest BCUT2D eigenvalue weighted by molar-refractivity contribution is 6.38. The van der Waals surface area contributed by atoms with Crippen molar-refractivity contribution < 1.29 is 23.6 Å². The number of ketones is 1. The number of benzene rings is 2. The van der Waals surface area contributed by atoms with Crippen LogP contribution in [0.25, 0.3) is 0 Å². The van der Waals surface area contributed by atoms with E-state index in [2.05, 4.69) is 10.6 Å². The first kappa shape index (κ1) is 23.9. The van der Waals surface area contributed by atoms with Gasteiger partial charge in [0.2, 0.25) is 17.6 Å². The summed E-state index contributed by atoms with van der Waals surface area (Å²) in [6.07, 6.45) is 2.24. The minimum atomic E-state index is -1.06. The van der Waals surface area contributed by atoms with Gasteiger partial charge in [-0.1, -0.05) is 60.7 Å². The lowest BCUT2D eigenvalue weighted by atomic mass is 9.98. The topological polar surface area (TPSA) is 109 Å². The molecule has 4 rings (SSSR count). The van der Waals surface area contributed by atoms with Crippen molar-refractivity contribution in [3.63, 3.8) is 0 Å². The number of nitrogens with zero attached hydrogens (tertiary/aromatic N) is 1. The molecular weight excluding hydrogens is 446 g/mol. The predicted octanol–water partition coefficient (Wildman–Crippen LogP) is 2.38. The van der Waals surface area contributed by atoms with Gasteiger partial charge in [-0.25, -0.2) is 0 Å². The van der Waals surface area contributed by atoms with E-state index in [0.29, 0.717) is 12.2 Å². The first-order chi connectivity index (χ1) is 17.0. The van der Waals surface area contributed by atoms with Crippen molar-refractivity contribution in [3.05, 3.63) is 95.9 Å². The Morgan fingerprint density at radius 3 is 2.26 bits per heavy atom. The summed E-state index contributed by atoms with van der Waals surface area (Å²) < 4.78 is 5.23. The van der Waals surface area contributed by atoms with Gasteiger partial charge in [-0.3, -0.25) is 19.2 Å². The Hall–Kier alpha value is -4.20. The molecule has 1 aliphatic heterocycles. The van der Waals surface area contributed by atoms with E-state index in [9.17, 15) is 19.2 Å². The van der Waals surface area contributed by atoms with Crippen molar-refractivity contribution in [3.8, 4) is 0 Å². The molecule has 2 unspecified atom stereocenters. The first-order valence-corrected chi connectivity index (χ1v) is 11.5. The van der Waals surface area contributed by atoms with Crippen LogP contribution in [0.1, 0.15) is 29.7 Å². The van der Waals surface area contributed by atoms with Crippen LogP contribution in [0.5, 0.6) is 0 Å². The van der Waals surface area contributed by atoms with E-state index in [-0.39, 0.29) is 37.7 Å². The number of furan rings is 1. The third-order valence-corrected chi connectivity index (χ3v) is 5.95. The van der Waals surface area contributed by atoms with Crippen LogP contribution in [0, 0.1) is 0 Å². The van der Waals surface area contributed by atoms with Gasteiger partial charge in [0.05, 0.1) is 12.8 Å². The molecule has 3 amide bonds. The fraction of sp³-hybridized carbons (Fsp3) is 0.259. The molecule has 0 aliphatic carbocycles. The highest BCUT2D eigenvalue weighted by Gasteiger charge is 2.38. The molecular formula is C27H27N3O5. The molecule has 1 saturated heterocycles. The van der Waals surface area contributed by atoms with Crippen LogP contribution >= 0.6 is 0 Å². The fourth-order valence-electron chi connectivity index (χ4n) is 4.12. The summed E-state index contributed by atoms with van der Waals surface area (Å²) in [5, 5.41) is 5.29. The summed E-state index contributed by atoms with van der Waals surface area (Å²) in [6.45, 7) is 0.182. The van der Waals surface area contributed by atoms with E-state index in [1.807, 2.05) is 60.7 Å². The zero-order valence-corrected chi connectivity index (χ0v) is 19.2. The number of hydrogen-bond donors (Lipinski definition) is 2. The third-order valence-electron chi connectivity index (χ3n) is 5.95. The Morgan fingerprint density at radius 1 is 0.971 bits per heavy atom. The average Bonchev–Trinajstić information content (AvgIpc) is 3.57. The normalized spacial score (nSPS) is 15.8. The fourth-order valence-corrected chi connectivity index (χ4v) is 4.12. The molecule has 0 radical (unpaired) electrons. The summed E-state index contributed by atoms with van der Waals surface area (Å²) in [5.41, 5.74) is 1.62. The zero-order chi connectivity index (χ0) is 24.6. The Balaban J connectivity index is 1.63. The van der Waals surface area contributed by atoms with E-state index in [1.54, 1.807) is 12.1 Å². The maximum absolute atomic E-state index is 13.6. The summed E-state index contributed by atoms with van der Waals surface area (Å²) in [6, 6.07) is 20.1. The van der Waals surface area contributed by atoms with Crippen LogP contribution in [-0.4, -0.2) is 40.5 Å². The van der Waals surface area contributed by atoms with Gasteiger partial charge < -0.3 is 20.0 Å². The third kappa shape index (κ3) is 6.23. The smallest absolute Gasteiger partial charge is 0.290 e. The molecule has 8 nitrogen and oxygen atoms in total. The molecule has 2 aromatic carbocycles. The highest BCUT2D eigenvalue weighted by atomic mass is 16.3. The second kappa shape index (κ2) is 11.3. The quantitative estimate of drug-likeness (QED) is 0.440. The number of amides is 3. The van der Waals surface area contributed by atoms with Crippen molar-refractivity contribution in [1.82, 2.24) is 15.5 Å². The number of carbonyl (C=O) groups excluding carboxylic acids is 4. The van der Waals surface area contributed by atoms with E-state index < -0.39 is 23.8 Å². The first-order valence-electron chi connectivity index (χ1n) is 11.5. The van der Waals surface area contributed by atoms with Gasteiger partial charge in [0, 0.05) is 19.4 Å². The summed E-state index contributed by atoms with van der Waals surface area (Å²) in [5.74, 6) is -1.60. The van der Waals surface area contributed by atoms with Crippen LogP contribution in [-0.2, 0) is 38.7 Å². The molecule has 8 heteroatoms. The number of hydrogen-bond acceptors (Lipinski definition) is 5. The van der Waals surface area contributed by atoms with E-state index in [1.165, 1.54) is 11.2 Å². The molecule has 0 saturated carbocycles. The summed E-state index contributed by atoms with van der Waals surface area (Å²) >= 11 is 0. The van der Waals surface area contributed by atoms with E-state index >= 15 is 0 Å². The number of carbonyl (C=O) groups is 4. The molecule has 2 atom stereocenters. The molecule has 0 bridgehead atoms. The van der Waals surface area contributed by atoms with E-state index in [0.717, 1.165) is 11.1 Å². The maximum Gasteiger partial charge on any atom is 0.290 e. The maximum atomic E-state index is 13.6. The molecule has 3 aromatic rings. The van der Waals surface area contributed by atoms with Gasteiger partial charge in [0.25, 0.3) is 5.91 Å². The van der Waals surface area contributed by atoms with Gasteiger partial charge >= 0.3 is 0 Å². The SMILES string of the molecule is O=C1CCC(C(=O)N(Cc2ccccc2)C(Cc2ccccc2)C(=O)C(=O)NCc2ccco2)N1. The second-order valence-electron chi connectivity index (χ2n) is 8.44. The number of rotatable bonds is 10. The van der Waals surface area contributed by atoms with Crippen LogP contribution in [0.2, 0.25) is 0 Å². The lowest BCUT2D eigenvalue weighted by Gasteiger charge is -2.32. The van der Waals surface area contributed by atoms with Crippen LogP contribution < -0.4 is 10.6 Å². The average molecular weight is 474 g/mol. The van der Waals surface area contributed by atoms with Crippen molar-refractivity contribution in [2.75, 3.05) is 0 Å². The van der Waals surface area contributed by atoms with Gasteiger partial charge in [-0.05, 0) is 29.7 Å². The van der Waals surface area contributed by atoms with Gasteiger partial charge in [-0.2, -0.15) is 0 Å². The Morgan fingerprint density at radius 2 is 1.66 bits per heavy atom. The predicted molar refractivity (Wildman–Crippen MR) is 128 cm³/mol.